The summed E-state index contributed by atoms with van der Waals surface area (Å²) in [6, 6.07) is 63.8. The van der Waals surface area contributed by atoms with Crippen molar-refractivity contribution in [3.05, 3.63) is 181 Å². The Bertz CT molecular complexity index is 3790. The molecule has 1 atom stereocenters. The molecule has 0 fully saturated rings. The van der Waals surface area contributed by atoms with Crippen molar-refractivity contribution in [1.82, 2.24) is 14.1 Å². The number of fused-ring (bicyclic) bond motifs is 18. The summed E-state index contributed by atoms with van der Waals surface area (Å²) in [6.07, 6.45) is -0.475. The number of benzene rings is 9. The van der Waals surface area contributed by atoms with Crippen LogP contribution >= 0.6 is 0 Å². The summed E-state index contributed by atoms with van der Waals surface area (Å²) in [5, 5.41) is 17.3. The molecule has 0 spiro atoms. The van der Waals surface area contributed by atoms with Crippen LogP contribution in [-0.2, 0) is 0 Å². The van der Waals surface area contributed by atoms with Gasteiger partial charge in [-0.25, -0.2) is 9.98 Å². The fraction of sp³-hybridized carbons (Fsp3) is 0.0189. The van der Waals surface area contributed by atoms with Gasteiger partial charge < -0.3 is 5.32 Å². The molecular weight excluding hydrogens is 707 g/mol. The van der Waals surface area contributed by atoms with E-state index >= 15 is 0 Å². The van der Waals surface area contributed by atoms with Gasteiger partial charge in [0.2, 0.25) is 6.29 Å². The Morgan fingerprint density at radius 2 is 1.07 bits per heavy atom. The lowest BCUT2D eigenvalue weighted by atomic mass is 9.92. The van der Waals surface area contributed by atoms with E-state index < -0.39 is 6.29 Å². The summed E-state index contributed by atoms with van der Waals surface area (Å²) in [5.41, 5.74) is 12.5. The minimum Gasteiger partial charge on any atom is -0.346 e. The van der Waals surface area contributed by atoms with Gasteiger partial charge in [0, 0.05) is 65.5 Å². The lowest BCUT2D eigenvalue weighted by molar-refractivity contribution is 0.623. The fourth-order valence-corrected chi connectivity index (χ4v) is 10.5. The average Bonchev–Trinajstić information content (AvgIpc) is 3.93. The van der Waals surface area contributed by atoms with Crippen molar-refractivity contribution in [3.63, 3.8) is 0 Å². The van der Waals surface area contributed by atoms with Crippen molar-refractivity contribution in [1.29, 1.82) is 0 Å². The Hall–Kier alpha value is -7.76. The molecule has 5 nitrogen and oxygen atoms in total. The second kappa shape index (κ2) is 11.0. The lowest BCUT2D eigenvalue weighted by Gasteiger charge is -2.29. The van der Waals surface area contributed by atoms with Gasteiger partial charge in [-0.05, 0) is 52.1 Å². The normalized spacial score (nSPS) is 14.6. The summed E-state index contributed by atoms with van der Waals surface area (Å²) in [4.78, 5) is 11.3. The van der Waals surface area contributed by atoms with Gasteiger partial charge in [0.25, 0.3) is 0 Å². The van der Waals surface area contributed by atoms with Crippen LogP contribution in [0.4, 0.5) is 5.69 Å². The molecule has 0 radical (unpaired) electrons. The summed E-state index contributed by atoms with van der Waals surface area (Å²) in [6.45, 7) is 0. The number of para-hydroxylation sites is 4. The molecule has 0 saturated carbocycles. The molecule has 1 aliphatic carbocycles. The number of pyridine rings is 1. The van der Waals surface area contributed by atoms with E-state index in [0.717, 1.165) is 50.4 Å². The van der Waals surface area contributed by atoms with Crippen molar-refractivity contribution in [3.8, 4) is 22.4 Å². The molecule has 14 rings (SSSR count). The van der Waals surface area contributed by atoms with E-state index in [1.807, 2.05) is 0 Å². The Balaban J connectivity index is 1.18. The minimum absolute atomic E-state index is 0.475. The first-order valence-electron chi connectivity index (χ1n) is 20.0. The quantitative estimate of drug-likeness (QED) is 0.171. The van der Waals surface area contributed by atoms with Gasteiger partial charge in [0.05, 0.1) is 33.3 Å². The van der Waals surface area contributed by atoms with E-state index in [-0.39, 0.29) is 0 Å². The molecule has 1 N–H and O–H groups in total. The third-order valence-corrected chi connectivity index (χ3v) is 12.8. The first-order chi connectivity index (χ1) is 28.8. The van der Waals surface area contributed by atoms with Crippen LogP contribution in [0.5, 0.6) is 0 Å². The van der Waals surface area contributed by atoms with Gasteiger partial charge in [-0.15, -0.1) is 0 Å². The maximum atomic E-state index is 5.85. The maximum absolute atomic E-state index is 5.85. The van der Waals surface area contributed by atoms with Crippen molar-refractivity contribution in [2.24, 2.45) is 4.99 Å². The highest BCUT2D eigenvalue weighted by molar-refractivity contribution is 6.36. The zero-order chi connectivity index (χ0) is 37.6. The molecule has 1 unspecified atom stereocenters. The molecular formula is C53H31N5. The molecule has 4 heterocycles. The van der Waals surface area contributed by atoms with Crippen LogP contribution < -0.4 is 5.32 Å². The van der Waals surface area contributed by atoms with Crippen molar-refractivity contribution < 1.29 is 0 Å². The number of aromatic nitrogens is 3. The Kier molecular flexibility index (Phi) is 5.76. The predicted octanol–water partition coefficient (Wildman–Crippen LogP) is 13.4. The Morgan fingerprint density at radius 3 is 1.90 bits per heavy atom. The molecule has 0 saturated heterocycles. The van der Waals surface area contributed by atoms with Gasteiger partial charge in [0.1, 0.15) is 5.84 Å². The number of aliphatic imine (C=N–C) groups is 1. The highest BCUT2D eigenvalue weighted by Gasteiger charge is 2.34. The van der Waals surface area contributed by atoms with E-state index in [4.69, 9.17) is 9.98 Å². The molecule has 2 aliphatic rings. The standard InChI is InChI=1S/C53H31N5/c1-2-15-31-30(14-1)28-29-40-48-46-39-23-13-22-35-32-16-5-9-24-41(32)54-49(45(35)39)47(46)36-19-3-4-20-37(36)51(48)58(50(31)40)53-55-42-25-10-6-21-38(42)52(56-53)57-43-26-11-7-17-33(43)34-18-8-12-27-44(34)57/h1-29,53,55H. The van der Waals surface area contributed by atoms with Gasteiger partial charge in [-0.2, -0.15) is 0 Å². The third kappa shape index (κ3) is 3.76. The smallest absolute Gasteiger partial charge is 0.203 e. The van der Waals surface area contributed by atoms with Crippen LogP contribution in [0, 0.1) is 0 Å². The molecule has 58 heavy (non-hydrogen) atoms. The van der Waals surface area contributed by atoms with E-state index in [0.29, 0.717) is 0 Å². The predicted molar refractivity (Wildman–Crippen MR) is 242 cm³/mol. The van der Waals surface area contributed by atoms with Gasteiger partial charge in [0.15, 0.2) is 0 Å². The average molecular weight is 738 g/mol. The topological polar surface area (TPSA) is 47.1 Å². The lowest BCUT2D eigenvalue weighted by Crippen LogP contribution is -2.27. The van der Waals surface area contributed by atoms with Gasteiger partial charge >= 0.3 is 0 Å². The largest absolute Gasteiger partial charge is 0.346 e. The zero-order valence-corrected chi connectivity index (χ0v) is 31.1. The molecule has 1 aliphatic heterocycles. The molecule has 0 amide bonds. The van der Waals surface area contributed by atoms with Crippen LogP contribution in [0.25, 0.3) is 109 Å². The summed E-state index contributed by atoms with van der Waals surface area (Å²) in [7, 11) is 0. The molecule has 5 heteroatoms. The minimum atomic E-state index is -0.475. The monoisotopic (exact) mass is 737 g/mol. The Labute approximate surface area is 331 Å². The fourth-order valence-electron chi connectivity index (χ4n) is 10.5. The van der Waals surface area contributed by atoms with Crippen LogP contribution in [0.2, 0.25) is 0 Å². The molecule has 0 bridgehead atoms. The number of hydrogen-bond donors (Lipinski definition) is 1. The first kappa shape index (κ1) is 30.5. The van der Waals surface area contributed by atoms with E-state index in [1.165, 1.54) is 75.9 Å². The summed E-state index contributed by atoms with van der Waals surface area (Å²) < 4.78 is 4.87. The van der Waals surface area contributed by atoms with E-state index in [9.17, 15) is 0 Å². The number of nitrogens with zero attached hydrogens (tertiary/aromatic N) is 4. The van der Waals surface area contributed by atoms with Crippen LogP contribution in [0.1, 0.15) is 11.9 Å². The highest BCUT2D eigenvalue weighted by Crippen LogP contribution is 2.56. The second-order valence-electron chi connectivity index (χ2n) is 15.7. The van der Waals surface area contributed by atoms with Crippen LogP contribution in [-0.4, -0.2) is 20.0 Å². The Morgan fingerprint density at radius 1 is 0.431 bits per heavy atom. The molecule has 3 aromatic heterocycles. The number of rotatable bonds is 1. The number of hydrogen-bond acceptors (Lipinski definition) is 3. The molecule has 9 aromatic carbocycles. The first-order valence-corrected chi connectivity index (χ1v) is 20.0. The maximum Gasteiger partial charge on any atom is 0.203 e. The van der Waals surface area contributed by atoms with Crippen molar-refractivity contribution in [2.45, 2.75) is 6.29 Å². The van der Waals surface area contributed by atoms with Crippen LogP contribution in [0.3, 0.4) is 0 Å². The van der Waals surface area contributed by atoms with Gasteiger partial charge in [-0.1, -0.05) is 146 Å². The van der Waals surface area contributed by atoms with E-state index in [2.05, 4.69) is 190 Å². The van der Waals surface area contributed by atoms with Crippen molar-refractivity contribution >= 4 is 98.4 Å². The second-order valence-corrected chi connectivity index (χ2v) is 15.7. The molecule has 268 valence electrons. The molecule has 12 aromatic rings. The summed E-state index contributed by atoms with van der Waals surface area (Å²) in [5.74, 6) is 0.922. The summed E-state index contributed by atoms with van der Waals surface area (Å²) >= 11 is 0. The third-order valence-electron chi connectivity index (χ3n) is 12.8. The van der Waals surface area contributed by atoms with Gasteiger partial charge in [-0.3, -0.25) is 9.13 Å². The number of nitrogens with one attached hydrogen (secondary N) is 1. The van der Waals surface area contributed by atoms with Crippen molar-refractivity contribution in [2.75, 3.05) is 5.32 Å². The van der Waals surface area contributed by atoms with E-state index in [1.54, 1.807) is 0 Å². The highest BCUT2D eigenvalue weighted by atomic mass is 15.3. The SMILES string of the molecule is c1ccc2c(c1)NC(n1c3c4ccccc4ccc3c3c4c(c5ccccc5c31)-c1nc3ccccc3c3cccc-4c13)N=C2n1c2ccccc2c2ccccc21. The zero-order valence-electron chi connectivity index (χ0n) is 31.1. The van der Waals surface area contributed by atoms with Crippen LogP contribution in [0.15, 0.2) is 181 Å². The number of anilines is 1.